The Morgan fingerprint density at radius 1 is 1.43 bits per heavy atom. The van der Waals surface area contributed by atoms with Crippen LogP contribution in [0.3, 0.4) is 0 Å². The van der Waals surface area contributed by atoms with E-state index < -0.39 is 5.38 Å². The zero-order valence-electron chi connectivity index (χ0n) is 8.16. The van der Waals surface area contributed by atoms with Gasteiger partial charge in [-0.05, 0) is 12.0 Å². The molecule has 76 valence electrons. The Hall–Kier alpha value is -1.02. The molecular formula is C11H14ClNO. The van der Waals surface area contributed by atoms with E-state index in [1.807, 2.05) is 37.3 Å². The Morgan fingerprint density at radius 2 is 2.07 bits per heavy atom. The molecule has 14 heavy (non-hydrogen) atoms. The molecular weight excluding hydrogens is 198 g/mol. The summed E-state index contributed by atoms with van der Waals surface area (Å²) in [5, 5.41) is 2.36. The zero-order chi connectivity index (χ0) is 10.4. The molecule has 1 amide bonds. The summed E-state index contributed by atoms with van der Waals surface area (Å²) in [5.74, 6) is -0.0991. The molecule has 2 nitrogen and oxygen atoms in total. The molecule has 1 aromatic carbocycles. The van der Waals surface area contributed by atoms with E-state index >= 15 is 0 Å². The van der Waals surface area contributed by atoms with Crippen molar-refractivity contribution in [3.8, 4) is 0 Å². The number of hydrogen-bond acceptors (Lipinski definition) is 1. The molecule has 0 fully saturated rings. The second kappa shape index (κ2) is 5.66. The maximum Gasteiger partial charge on any atom is 0.238 e. The molecule has 0 saturated carbocycles. The van der Waals surface area contributed by atoms with E-state index in [0.29, 0.717) is 13.0 Å². The van der Waals surface area contributed by atoms with Gasteiger partial charge in [0.15, 0.2) is 0 Å². The summed E-state index contributed by atoms with van der Waals surface area (Å²) in [5.41, 5.74) is 1.08. The van der Waals surface area contributed by atoms with Crippen LogP contribution < -0.4 is 5.32 Å². The van der Waals surface area contributed by atoms with E-state index in [0.717, 1.165) is 5.56 Å². The van der Waals surface area contributed by atoms with Gasteiger partial charge in [0.05, 0.1) is 0 Å². The van der Waals surface area contributed by atoms with Crippen molar-refractivity contribution in [2.24, 2.45) is 0 Å². The number of halogens is 1. The van der Waals surface area contributed by atoms with Gasteiger partial charge < -0.3 is 5.32 Å². The molecule has 1 aromatic rings. The highest BCUT2D eigenvalue weighted by molar-refractivity contribution is 6.30. The molecule has 0 radical (unpaired) electrons. The Bertz CT molecular complexity index is 287. The van der Waals surface area contributed by atoms with Gasteiger partial charge in [-0.1, -0.05) is 37.3 Å². The summed E-state index contributed by atoms with van der Waals surface area (Å²) in [6.07, 6.45) is 0.655. The van der Waals surface area contributed by atoms with Gasteiger partial charge in [-0.25, -0.2) is 0 Å². The Kier molecular flexibility index (Phi) is 4.47. The zero-order valence-corrected chi connectivity index (χ0v) is 8.92. The van der Waals surface area contributed by atoms with Crippen LogP contribution >= 0.6 is 11.6 Å². The molecule has 0 saturated heterocycles. The largest absolute Gasteiger partial charge is 0.351 e. The van der Waals surface area contributed by atoms with Gasteiger partial charge in [-0.15, -0.1) is 11.6 Å². The lowest BCUT2D eigenvalue weighted by Crippen LogP contribution is -2.30. The topological polar surface area (TPSA) is 29.1 Å². The first kappa shape index (κ1) is 11.1. The van der Waals surface area contributed by atoms with Crippen LogP contribution in [0.25, 0.3) is 0 Å². The van der Waals surface area contributed by atoms with Crippen molar-refractivity contribution in [2.45, 2.75) is 25.3 Å². The van der Waals surface area contributed by atoms with Gasteiger partial charge >= 0.3 is 0 Å². The van der Waals surface area contributed by atoms with Crippen molar-refractivity contribution >= 4 is 17.5 Å². The van der Waals surface area contributed by atoms with Crippen LogP contribution in [0.2, 0.25) is 0 Å². The SMILES string of the molecule is CC[C@@H](Cl)C(=O)NCc1ccccc1. The van der Waals surface area contributed by atoms with Gasteiger partial charge in [0.2, 0.25) is 5.91 Å². The highest BCUT2D eigenvalue weighted by Gasteiger charge is 2.11. The van der Waals surface area contributed by atoms with Crippen molar-refractivity contribution < 1.29 is 4.79 Å². The van der Waals surface area contributed by atoms with E-state index in [1.165, 1.54) is 0 Å². The van der Waals surface area contributed by atoms with Crippen LogP contribution in [0.1, 0.15) is 18.9 Å². The van der Waals surface area contributed by atoms with E-state index in [4.69, 9.17) is 11.6 Å². The monoisotopic (exact) mass is 211 g/mol. The molecule has 0 spiro atoms. The average Bonchev–Trinajstić information content (AvgIpc) is 2.26. The molecule has 0 unspecified atom stereocenters. The summed E-state index contributed by atoms with van der Waals surface area (Å²) in [4.78, 5) is 11.3. The number of hydrogen-bond donors (Lipinski definition) is 1. The van der Waals surface area contributed by atoms with Crippen molar-refractivity contribution in [2.75, 3.05) is 0 Å². The molecule has 0 bridgehead atoms. The number of carbonyl (C=O) groups is 1. The fourth-order valence-electron chi connectivity index (χ4n) is 1.08. The van der Waals surface area contributed by atoms with E-state index in [2.05, 4.69) is 5.32 Å². The van der Waals surface area contributed by atoms with E-state index in [9.17, 15) is 4.79 Å². The number of nitrogens with one attached hydrogen (secondary N) is 1. The molecule has 0 aliphatic rings. The third-order valence-corrected chi connectivity index (χ3v) is 2.46. The first-order chi connectivity index (χ1) is 6.74. The minimum absolute atomic E-state index is 0.0991. The Morgan fingerprint density at radius 3 is 2.64 bits per heavy atom. The summed E-state index contributed by atoms with van der Waals surface area (Å²) in [6, 6.07) is 9.77. The van der Waals surface area contributed by atoms with Crippen molar-refractivity contribution in [1.29, 1.82) is 0 Å². The third kappa shape index (κ3) is 3.38. The predicted octanol–water partition coefficient (Wildman–Crippen LogP) is 2.32. The lowest BCUT2D eigenvalue weighted by molar-refractivity contribution is -0.120. The second-order valence-corrected chi connectivity index (χ2v) is 3.61. The van der Waals surface area contributed by atoms with Crippen molar-refractivity contribution in [3.63, 3.8) is 0 Å². The van der Waals surface area contributed by atoms with Crippen LogP contribution in [0.15, 0.2) is 30.3 Å². The van der Waals surface area contributed by atoms with Crippen LogP contribution in [0.4, 0.5) is 0 Å². The van der Waals surface area contributed by atoms with E-state index in [1.54, 1.807) is 0 Å². The molecule has 3 heteroatoms. The first-order valence-electron chi connectivity index (χ1n) is 4.69. The fraction of sp³-hybridized carbons (Fsp3) is 0.364. The molecule has 0 heterocycles. The van der Waals surface area contributed by atoms with Crippen molar-refractivity contribution in [1.82, 2.24) is 5.32 Å². The lowest BCUT2D eigenvalue weighted by Gasteiger charge is -2.07. The van der Waals surface area contributed by atoms with Gasteiger partial charge in [-0.3, -0.25) is 4.79 Å². The van der Waals surface area contributed by atoms with Gasteiger partial charge in [-0.2, -0.15) is 0 Å². The summed E-state index contributed by atoms with van der Waals surface area (Å²) < 4.78 is 0. The number of benzene rings is 1. The first-order valence-corrected chi connectivity index (χ1v) is 5.13. The van der Waals surface area contributed by atoms with Crippen LogP contribution in [0.5, 0.6) is 0 Å². The number of alkyl halides is 1. The smallest absolute Gasteiger partial charge is 0.238 e. The highest BCUT2D eigenvalue weighted by Crippen LogP contribution is 2.02. The molecule has 1 atom stereocenters. The van der Waals surface area contributed by atoms with Gasteiger partial charge in [0.25, 0.3) is 0 Å². The molecule has 0 aromatic heterocycles. The summed E-state index contributed by atoms with van der Waals surface area (Å²) in [6.45, 7) is 2.43. The number of rotatable bonds is 4. The lowest BCUT2D eigenvalue weighted by atomic mass is 10.2. The minimum atomic E-state index is -0.418. The number of carbonyl (C=O) groups excluding carboxylic acids is 1. The maximum atomic E-state index is 11.3. The fourth-order valence-corrected chi connectivity index (χ4v) is 1.16. The minimum Gasteiger partial charge on any atom is -0.351 e. The normalized spacial score (nSPS) is 12.1. The predicted molar refractivity (Wildman–Crippen MR) is 58.2 cm³/mol. The Balaban J connectivity index is 2.38. The molecule has 1 rings (SSSR count). The standard InChI is InChI=1S/C11H14ClNO/c1-2-10(12)11(14)13-8-9-6-4-3-5-7-9/h3-7,10H,2,8H2,1H3,(H,13,14)/t10-/m1/s1. The van der Waals surface area contributed by atoms with Crippen LogP contribution in [-0.4, -0.2) is 11.3 Å². The third-order valence-electron chi connectivity index (χ3n) is 1.95. The quantitative estimate of drug-likeness (QED) is 0.761. The maximum absolute atomic E-state index is 11.3. The number of amides is 1. The van der Waals surface area contributed by atoms with E-state index in [-0.39, 0.29) is 5.91 Å². The summed E-state index contributed by atoms with van der Waals surface area (Å²) in [7, 11) is 0. The second-order valence-electron chi connectivity index (χ2n) is 3.08. The Labute approximate surface area is 89.3 Å². The molecule has 0 aliphatic heterocycles. The summed E-state index contributed by atoms with van der Waals surface area (Å²) >= 11 is 5.77. The average molecular weight is 212 g/mol. The van der Waals surface area contributed by atoms with Crippen LogP contribution in [0, 0.1) is 0 Å². The molecule has 0 aliphatic carbocycles. The highest BCUT2D eigenvalue weighted by atomic mass is 35.5. The van der Waals surface area contributed by atoms with Crippen LogP contribution in [-0.2, 0) is 11.3 Å². The van der Waals surface area contributed by atoms with Gasteiger partial charge in [0.1, 0.15) is 5.38 Å². The van der Waals surface area contributed by atoms with Gasteiger partial charge in [0, 0.05) is 6.54 Å². The molecule has 1 N–H and O–H groups in total. The van der Waals surface area contributed by atoms with Crippen molar-refractivity contribution in [3.05, 3.63) is 35.9 Å².